The summed E-state index contributed by atoms with van der Waals surface area (Å²) in [7, 11) is 1.24. The smallest absolute Gasteiger partial charge is 0.332 e. The van der Waals surface area contributed by atoms with Gasteiger partial charge in [-0.1, -0.05) is 24.6 Å². The fourth-order valence-electron chi connectivity index (χ4n) is 2.71. The van der Waals surface area contributed by atoms with E-state index in [-0.39, 0.29) is 12.4 Å². The maximum Gasteiger partial charge on any atom is 0.332 e. The van der Waals surface area contributed by atoms with Gasteiger partial charge in [-0.25, -0.2) is 4.79 Å². The number of hydrogen-bond acceptors (Lipinski definition) is 7. The number of hydrogen-bond donors (Lipinski definition) is 2. The highest BCUT2D eigenvalue weighted by Gasteiger charge is 2.22. The molecule has 0 aliphatic rings. The largest absolute Gasteiger partial charge is 0.456 e. The summed E-state index contributed by atoms with van der Waals surface area (Å²) in [4.78, 5) is 60.7. The van der Waals surface area contributed by atoms with E-state index in [2.05, 4.69) is 5.32 Å². The zero-order valence-electron chi connectivity index (χ0n) is 17.1. The van der Waals surface area contributed by atoms with E-state index in [4.69, 9.17) is 10.5 Å². The van der Waals surface area contributed by atoms with Crippen LogP contribution in [0, 0.1) is 6.92 Å². The number of anilines is 1. The van der Waals surface area contributed by atoms with Gasteiger partial charge in [-0.2, -0.15) is 0 Å². The highest BCUT2D eigenvalue weighted by molar-refractivity contribution is 6.01. The molecule has 0 unspecified atom stereocenters. The number of aromatic nitrogens is 2. The summed E-state index contributed by atoms with van der Waals surface area (Å²) in [6.45, 7) is 2.71. The van der Waals surface area contributed by atoms with Gasteiger partial charge in [0.1, 0.15) is 17.9 Å². The number of nitrogens with one attached hydrogen (secondary N) is 1. The molecule has 1 aromatic heterocycles. The first-order chi connectivity index (χ1) is 14.2. The average molecular weight is 416 g/mol. The monoisotopic (exact) mass is 416 g/mol. The number of amides is 1. The van der Waals surface area contributed by atoms with Gasteiger partial charge < -0.3 is 15.8 Å². The van der Waals surface area contributed by atoms with E-state index in [1.54, 1.807) is 24.3 Å². The van der Waals surface area contributed by atoms with Gasteiger partial charge in [-0.05, 0) is 25.5 Å². The van der Waals surface area contributed by atoms with Crippen LogP contribution in [0.3, 0.4) is 0 Å². The lowest BCUT2D eigenvalue weighted by atomic mass is 10.1. The Morgan fingerprint density at radius 3 is 2.37 bits per heavy atom. The zero-order chi connectivity index (χ0) is 22.4. The second-order valence-electron chi connectivity index (χ2n) is 6.69. The van der Waals surface area contributed by atoms with Gasteiger partial charge in [0.05, 0.1) is 0 Å². The van der Waals surface area contributed by atoms with Crippen LogP contribution >= 0.6 is 0 Å². The molecule has 0 fully saturated rings. The molecule has 2 aromatic rings. The van der Waals surface area contributed by atoms with E-state index < -0.39 is 47.6 Å². The lowest BCUT2D eigenvalue weighted by Crippen LogP contribution is -2.43. The predicted molar refractivity (Wildman–Crippen MR) is 109 cm³/mol. The third kappa shape index (κ3) is 5.02. The van der Waals surface area contributed by atoms with E-state index in [0.717, 1.165) is 14.7 Å². The Hall–Kier alpha value is -3.69. The summed E-state index contributed by atoms with van der Waals surface area (Å²) >= 11 is 0. The molecule has 1 heterocycles. The Labute approximate surface area is 172 Å². The number of esters is 1. The van der Waals surface area contributed by atoms with Crippen LogP contribution in [0.2, 0.25) is 0 Å². The molecule has 1 aromatic carbocycles. The highest BCUT2D eigenvalue weighted by atomic mass is 16.5. The molecule has 0 radical (unpaired) electrons. The molecule has 0 saturated heterocycles. The quantitative estimate of drug-likeness (QED) is 0.456. The van der Waals surface area contributed by atoms with Gasteiger partial charge in [0, 0.05) is 19.2 Å². The van der Waals surface area contributed by atoms with Crippen molar-refractivity contribution in [3.63, 3.8) is 0 Å². The van der Waals surface area contributed by atoms with Crippen LogP contribution in [0.5, 0.6) is 0 Å². The standard InChI is InChI=1S/C20H24N4O6/c1-4-9-24-17(21)16(19(28)23(3)20(24)29)14(25)11-30-15(26)10-22-18(27)13-7-5-12(2)6-8-13/h5-8H,4,9-11,21H2,1-3H3,(H,22,27). The minimum absolute atomic E-state index is 0.226. The molecular weight excluding hydrogens is 392 g/mol. The van der Waals surface area contributed by atoms with Crippen LogP contribution in [0.1, 0.15) is 39.6 Å². The second kappa shape index (κ2) is 9.68. The van der Waals surface area contributed by atoms with Crippen molar-refractivity contribution in [3.05, 3.63) is 61.8 Å². The second-order valence-corrected chi connectivity index (χ2v) is 6.69. The normalized spacial score (nSPS) is 10.5. The summed E-state index contributed by atoms with van der Waals surface area (Å²) in [5.74, 6) is -2.43. The number of Topliss-reactive ketones (excluding diaryl/α,β-unsaturated/α-hetero) is 1. The van der Waals surface area contributed by atoms with E-state index in [9.17, 15) is 24.0 Å². The Kier molecular flexibility index (Phi) is 7.29. The van der Waals surface area contributed by atoms with Crippen molar-refractivity contribution >= 4 is 23.5 Å². The summed E-state index contributed by atoms with van der Waals surface area (Å²) in [5, 5.41) is 2.39. The molecule has 10 nitrogen and oxygen atoms in total. The Morgan fingerprint density at radius 2 is 1.77 bits per heavy atom. The number of nitrogens with zero attached hydrogens (tertiary/aromatic N) is 2. The Balaban J connectivity index is 2.02. The van der Waals surface area contributed by atoms with Gasteiger partial charge in [0.25, 0.3) is 11.5 Å². The average Bonchev–Trinajstić information content (AvgIpc) is 2.72. The number of ether oxygens (including phenoxy) is 1. The van der Waals surface area contributed by atoms with Crippen LogP contribution in [0.15, 0.2) is 33.9 Å². The number of rotatable bonds is 8. The lowest BCUT2D eigenvalue weighted by molar-refractivity contribution is -0.141. The summed E-state index contributed by atoms with van der Waals surface area (Å²) < 4.78 is 6.75. The van der Waals surface area contributed by atoms with Gasteiger partial charge in [0.15, 0.2) is 6.61 Å². The van der Waals surface area contributed by atoms with Crippen LogP contribution in [0.25, 0.3) is 0 Å². The third-order valence-corrected chi connectivity index (χ3v) is 4.38. The summed E-state index contributed by atoms with van der Waals surface area (Å²) in [5.41, 5.74) is 5.30. The molecule has 10 heteroatoms. The minimum atomic E-state index is -0.862. The molecule has 0 aliphatic carbocycles. The van der Waals surface area contributed by atoms with E-state index in [1.807, 2.05) is 13.8 Å². The Morgan fingerprint density at radius 1 is 1.13 bits per heavy atom. The fourth-order valence-corrected chi connectivity index (χ4v) is 2.71. The van der Waals surface area contributed by atoms with Crippen LogP contribution < -0.4 is 22.3 Å². The number of benzene rings is 1. The first-order valence-electron chi connectivity index (χ1n) is 9.30. The van der Waals surface area contributed by atoms with Crippen LogP contribution in [-0.4, -0.2) is 39.9 Å². The molecule has 30 heavy (non-hydrogen) atoms. The minimum Gasteiger partial charge on any atom is -0.456 e. The predicted octanol–water partition coefficient (Wildman–Crippen LogP) is 0.00352. The van der Waals surface area contributed by atoms with Crippen molar-refractivity contribution in [3.8, 4) is 0 Å². The molecule has 1 amide bonds. The number of aryl methyl sites for hydroxylation is 1. The maximum absolute atomic E-state index is 12.4. The molecule has 0 spiro atoms. The van der Waals surface area contributed by atoms with Crippen molar-refractivity contribution in [1.29, 1.82) is 0 Å². The fraction of sp³-hybridized carbons (Fsp3) is 0.350. The molecule has 0 bridgehead atoms. The molecule has 0 atom stereocenters. The first-order valence-corrected chi connectivity index (χ1v) is 9.30. The summed E-state index contributed by atoms with van der Waals surface area (Å²) in [6.07, 6.45) is 0.561. The van der Waals surface area contributed by atoms with Crippen molar-refractivity contribution in [2.75, 3.05) is 18.9 Å². The van der Waals surface area contributed by atoms with E-state index >= 15 is 0 Å². The topological polar surface area (TPSA) is 142 Å². The molecule has 3 N–H and O–H groups in total. The summed E-state index contributed by atoms with van der Waals surface area (Å²) in [6, 6.07) is 6.75. The van der Waals surface area contributed by atoms with E-state index in [1.165, 1.54) is 7.05 Å². The number of carbonyl (C=O) groups is 3. The molecule has 2 rings (SSSR count). The van der Waals surface area contributed by atoms with Gasteiger partial charge in [-0.15, -0.1) is 0 Å². The van der Waals surface area contributed by atoms with Crippen LogP contribution in [0.4, 0.5) is 5.82 Å². The lowest BCUT2D eigenvalue weighted by Gasteiger charge is -2.14. The van der Waals surface area contributed by atoms with E-state index in [0.29, 0.717) is 12.0 Å². The Bertz CT molecular complexity index is 1080. The third-order valence-electron chi connectivity index (χ3n) is 4.38. The number of nitrogens with two attached hydrogens (primary N) is 1. The number of carbonyl (C=O) groups excluding carboxylic acids is 3. The molecular formula is C20H24N4O6. The van der Waals surface area contributed by atoms with Gasteiger partial charge in [0.2, 0.25) is 5.78 Å². The number of ketones is 1. The first kappa shape index (κ1) is 22.6. The van der Waals surface area contributed by atoms with Crippen molar-refractivity contribution in [2.45, 2.75) is 26.8 Å². The van der Waals surface area contributed by atoms with Crippen LogP contribution in [-0.2, 0) is 23.1 Å². The molecule has 0 aliphatic heterocycles. The van der Waals surface area contributed by atoms with Gasteiger partial charge in [-0.3, -0.25) is 28.3 Å². The van der Waals surface area contributed by atoms with Crippen molar-refractivity contribution < 1.29 is 19.1 Å². The SMILES string of the molecule is CCCn1c(N)c(C(=O)COC(=O)CNC(=O)c2ccc(C)cc2)c(=O)n(C)c1=O. The number of nitrogen functional groups attached to an aromatic ring is 1. The molecule has 160 valence electrons. The zero-order valence-corrected chi connectivity index (χ0v) is 17.1. The van der Waals surface area contributed by atoms with Gasteiger partial charge >= 0.3 is 11.7 Å². The maximum atomic E-state index is 12.4. The highest BCUT2D eigenvalue weighted by Crippen LogP contribution is 2.07. The van der Waals surface area contributed by atoms with Crippen molar-refractivity contribution in [2.24, 2.45) is 7.05 Å². The molecule has 0 saturated carbocycles. The van der Waals surface area contributed by atoms with Crippen molar-refractivity contribution in [1.82, 2.24) is 14.5 Å².